The molecule has 8 nitrogen and oxygen atoms in total. The monoisotopic (exact) mass is 385 g/mol. The smallest absolute Gasteiger partial charge is 0.293 e. The number of nitrogens with one attached hydrogen (secondary N) is 2. The van der Waals surface area contributed by atoms with Gasteiger partial charge in [-0.3, -0.25) is 10.1 Å². The van der Waals surface area contributed by atoms with Crippen molar-refractivity contribution in [2.24, 2.45) is 5.92 Å². The standard InChI is InChI=1S/C17H27N3O5S/c1-12-4-6-14(7-5-12)19-26(23,24)15-8-9-16(17(10-15)20(21)22)18-13(2)11-25-3/h8-10,12-14,18-19H,4-7,11H2,1-3H3. The minimum absolute atomic E-state index is 0.0900. The van der Waals surface area contributed by atoms with Gasteiger partial charge in [0.2, 0.25) is 10.0 Å². The third kappa shape index (κ3) is 5.39. The van der Waals surface area contributed by atoms with Crippen LogP contribution in [0.25, 0.3) is 0 Å². The molecular weight excluding hydrogens is 358 g/mol. The Bertz CT molecular complexity index is 730. The highest BCUT2D eigenvalue weighted by Gasteiger charge is 2.26. The minimum atomic E-state index is -3.80. The summed E-state index contributed by atoms with van der Waals surface area (Å²) in [5.41, 5.74) is -0.00177. The Kier molecular flexibility index (Phi) is 6.96. The number of nitro groups is 1. The summed E-state index contributed by atoms with van der Waals surface area (Å²) in [5, 5.41) is 14.4. The van der Waals surface area contributed by atoms with E-state index in [1.165, 1.54) is 12.1 Å². The van der Waals surface area contributed by atoms with Crippen LogP contribution in [0.3, 0.4) is 0 Å². The van der Waals surface area contributed by atoms with E-state index < -0.39 is 14.9 Å². The first-order chi connectivity index (χ1) is 12.2. The molecule has 1 unspecified atom stereocenters. The number of hydrogen-bond acceptors (Lipinski definition) is 6. The molecule has 0 heterocycles. The molecule has 9 heteroatoms. The maximum atomic E-state index is 12.6. The second kappa shape index (κ2) is 8.79. The first-order valence-corrected chi connectivity index (χ1v) is 10.3. The molecule has 146 valence electrons. The van der Waals surface area contributed by atoms with E-state index in [1.54, 1.807) is 7.11 Å². The van der Waals surface area contributed by atoms with Crippen LogP contribution in [0, 0.1) is 16.0 Å². The Labute approximate surface area is 154 Å². The highest BCUT2D eigenvalue weighted by molar-refractivity contribution is 7.89. The maximum Gasteiger partial charge on any atom is 0.293 e. The molecule has 0 radical (unpaired) electrons. The number of methoxy groups -OCH3 is 1. The zero-order valence-corrected chi connectivity index (χ0v) is 16.2. The molecule has 1 saturated carbocycles. The number of ether oxygens (including phenoxy) is 1. The van der Waals surface area contributed by atoms with Crippen molar-refractivity contribution in [2.45, 2.75) is 56.5 Å². The van der Waals surface area contributed by atoms with E-state index in [2.05, 4.69) is 17.0 Å². The molecule has 0 amide bonds. The third-order valence-corrected chi connectivity index (χ3v) is 6.15. The Morgan fingerprint density at radius 1 is 1.31 bits per heavy atom. The summed E-state index contributed by atoms with van der Waals surface area (Å²) in [6.07, 6.45) is 3.54. The quantitative estimate of drug-likeness (QED) is 0.526. The minimum Gasteiger partial charge on any atom is -0.383 e. The number of nitro benzene ring substituents is 1. The molecule has 1 aliphatic carbocycles. The molecule has 1 aromatic rings. The average Bonchev–Trinajstić information content (AvgIpc) is 2.57. The van der Waals surface area contributed by atoms with Crippen LogP contribution in [-0.4, -0.2) is 39.1 Å². The third-order valence-electron chi connectivity index (χ3n) is 4.63. The fourth-order valence-electron chi connectivity index (χ4n) is 3.17. The van der Waals surface area contributed by atoms with Gasteiger partial charge < -0.3 is 10.1 Å². The van der Waals surface area contributed by atoms with Gasteiger partial charge in [0.05, 0.1) is 16.4 Å². The van der Waals surface area contributed by atoms with E-state index in [-0.39, 0.29) is 28.4 Å². The largest absolute Gasteiger partial charge is 0.383 e. The van der Waals surface area contributed by atoms with Crippen LogP contribution < -0.4 is 10.0 Å². The molecule has 26 heavy (non-hydrogen) atoms. The van der Waals surface area contributed by atoms with Crippen molar-refractivity contribution in [3.63, 3.8) is 0 Å². The molecule has 1 aliphatic rings. The van der Waals surface area contributed by atoms with Gasteiger partial charge >= 0.3 is 0 Å². The van der Waals surface area contributed by atoms with Crippen LogP contribution in [0.4, 0.5) is 11.4 Å². The zero-order valence-electron chi connectivity index (χ0n) is 15.4. The highest BCUT2D eigenvalue weighted by Crippen LogP contribution is 2.29. The lowest BCUT2D eigenvalue weighted by atomic mass is 9.88. The number of sulfonamides is 1. The first kappa shape index (κ1) is 20.6. The van der Waals surface area contributed by atoms with Crippen molar-refractivity contribution in [1.29, 1.82) is 0 Å². The Hall–Kier alpha value is -1.71. The van der Waals surface area contributed by atoms with Gasteiger partial charge in [-0.05, 0) is 50.7 Å². The number of anilines is 1. The molecule has 1 aromatic carbocycles. The van der Waals surface area contributed by atoms with Crippen LogP contribution in [0.1, 0.15) is 39.5 Å². The lowest BCUT2D eigenvalue weighted by Crippen LogP contribution is -2.37. The highest BCUT2D eigenvalue weighted by atomic mass is 32.2. The molecule has 0 saturated heterocycles. The summed E-state index contributed by atoms with van der Waals surface area (Å²) in [4.78, 5) is 10.7. The lowest BCUT2D eigenvalue weighted by molar-refractivity contribution is -0.384. The van der Waals surface area contributed by atoms with Gasteiger partial charge in [0.1, 0.15) is 5.69 Å². The van der Waals surface area contributed by atoms with Gasteiger partial charge in [0, 0.05) is 25.3 Å². The first-order valence-electron chi connectivity index (χ1n) is 8.79. The van der Waals surface area contributed by atoms with Gasteiger partial charge in [-0.1, -0.05) is 6.92 Å². The summed E-state index contributed by atoms with van der Waals surface area (Å²) in [6, 6.07) is 3.67. The number of hydrogen-bond donors (Lipinski definition) is 2. The van der Waals surface area contributed by atoms with Crippen LogP contribution >= 0.6 is 0 Å². The van der Waals surface area contributed by atoms with E-state index in [1.807, 2.05) is 6.92 Å². The van der Waals surface area contributed by atoms with E-state index in [0.717, 1.165) is 31.7 Å². The van der Waals surface area contributed by atoms with Crippen molar-refractivity contribution in [2.75, 3.05) is 19.0 Å². The predicted molar refractivity (Wildman–Crippen MR) is 99.8 cm³/mol. The van der Waals surface area contributed by atoms with Crippen molar-refractivity contribution >= 4 is 21.4 Å². The lowest BCUT2D eigenvalue weighted by Gasteiger charge is -2.26. The molecule has 1 fully saturated rings. The second-order valence-corrected chi connectivity index (χ2v) is 8.73. The molecule has 0 aromatic heterocycles. The summed E-state index contributed by atoms with van der Waals surface area (Å²) in [5.74, 6) is 0.608. The summed E-state index contributed by atoms with van der Waals surface area (Å²) in [6.45, 7) is 4.35. The normalized spacial score (nSPS) is 22.0. The van der Waals surface area contributed by atoms with E-state index in [9.17, 15) is 18.5 Å². The van der Waals surface area contributed by atoms with Crippen molar-refractivity contribution < 1.29 is 18.1 Å². The Balaban J connectivity index is 2.20. The molecule has 0 bridgehead atoms. The zero-order chi connectivity index (χ0) is 19.3. The Morgan fingerprint density at radius 2 is 1.96 bits per heavy atom. The summed E-state index contributed by atoms with van der Waals surface area (Å²) < 4.78 is 32.9. The SMILES string of the molecule is COCC(C)Nc1ccc(S(=O)(=O)NC2CCC(C)CC2)cc1[N+](=O)[O-]. The van der Waals surface area contributed by atoms with E-state index in [0.29, 0.717) is 12.5 Å². The molecule has 2 N–H and O–H groups in total. The summed E-state index contributed by atoms with van der Waals surface area (Å²) in [7, 11) is -2.25. The van der Waals surface area contributed by atoms with Crippen molar-refractivity contribution in [3.05, 3.63) is 28.3 Å². The molecule has 2 rings (SSSR count). The van der Waals surface area contributed by atoms with Gasteiger partial charge in [-0.15, -0.1) is 0 Å². The topological polar surface area (TPSA) is 111 Å². The molecule has 0 spiro atoms. The van der Waals surface area contributed by atoms with Gasteiger partial charge in [-0.2, -0.15) is 0 Å². The van der Waals surface area contributed by atoms with Crippen LogP contribution in [0.15, 0.2) is 23.1 Å². The van der Waals surface area contributed by atoms with Gasteiger partial charge in [0.25, 0.3) is 5.69 Å². The van der Waals surface area contributed by atoms with E-state index >= 15 is 0 Å². The van der Waals surface area contributed by atoms with E-state index in [4.69, 9.17) is 4.74 Å². The number of rotatable bonds is 8. The molecular formula is C17H27N3O5S. The molecule has 1 atom stereocenters. The molecule has 0 aliphatic heterocycles. The maximum absolute atomic E-state index is 12.6. The number of benzene rings is 1. The second-order valence-electron chi connectivity index (χ2n) is 7.01. The van der Waals surface area contributed by atoms with Gasteiger partial charge in [-0.25, -0.2) is 13.1 Å². The average molecular weight is 385 g/mol. The van der Waals surface area contributed by atoms with Crippen LogP contribution in [0.5, 0.6) is 0 Å². The predicted octanol–water partition coefficient (Wildman–Crippen LogP) is 2.90. The number of nitrogens with zero attached hydrogens (tertiary/aromatic N) is 1. The van der Waals surface area contributed by atoms with Crippen molar-refractivity contribution in [1.82, 2.24) is 4.72 Å². The fourth-order valence-corrected chi connectivity index (χ4v) is 4.50. The fraction of sp³-hybridized carbons (Fsp3) is 0.647. The van der Waals surface area contributed by atoms with Crippen molar-refractivity contribution in [3.8, 4) is 0 Å². The van der Waals surface area contributed by atoms with Crippen LogP contribution in [0.2, 0.25) is 0 Å². The Morgan fingerprint density at radius 3 is 2.54 bits per heavy atom. The van der Waals surface area contributed by atoms with Gasteiger partial charge in [0.15, 0.2) is 0 Å². The van der Waals surface area contributed by atoms with Crippen LogP contribution in [-0.2, 0) is 14.8 Å². The summed E-state index contributed by atoms with van der Waals surface area (Å²) >= 11 is 0.